The van der Waals surface area contributed by atoms with Gasteiger partial charge in [-0.2, -0.15) is 0 Å². The van der Waals surface area contributed by atoms with Crippen molar-refractivity contribution < 1.29 is 8.42 Å². The van der Waals surface area contributed by atoms with Gasteiger partial charge in [-0.3, -0.25) is 0 Å². The summed E-state index contributed by atoms with van der Waals surface area (Å²) in [7, 11) is -3.53. The van der Waals surface area contributed by atoms with Crippen LogP contribution in [0.15, 0.2) is 47.4 Å². The Labute approximate surface area is 120 Å². The number of fused-ring (bicyclic) bond motifs is 1. The van der Waals surface area contributed by atoms with Crippen molar-refractivity contribution in [1.29, 1.82) is 0 Å². The van der Waals surface area contributed by atoms with Crippen molar-refractivity contribution in [2.45, 2.75) is 30.7 Å². The van der Waals surface area contributed by atoms with Gasteiger partial charge in [0.1, 0.15) is 0 Å². The molecule has 4 nitrogen and oxygen atoms in total. The van der Waals surface area contributed by atoms with Gasteiger partial charge < -0.3 is 5.73 Å². The number of hydrogen-bond acceptors (Lipinski definition) is 3. The van der Waals surface area contributed by atoms with Crippen LogP contribution >= 0.6 is 0 Å². The molecule has 0 spiro atoms. The third-order valence-corrected chi connectivity index (χ3v) is 4.72. The molecule has 0 radical (unpaired) electrons. The van der Waals surface area contributed by atoms with Crippen LogP contribution in [0.5, 0.6) is 0 Å². The van der Waals surface area contributed by atoms with Crippen molar-refractivity contribution in [3.63, 3.8) is 0 Å². The first kappa shape index (κ1) is 15.0. The highest BCUT2D eigenvalue weighted by atomic mass is 32.2. The molecule has 0 aliphatic rings. The molecule has 108 valence electrons. The Morgan fingerprint density at radius 2 is 1.85 bits per heavy atom. The second-order valence-corrected chi connectivity index (χ2v) is 6.61. The fourth-order valence-electron chi connectivity index (χ4n) is 2.20. The van der Waals surface area contributed by atoms with Gasteiger partial charge in [-0.1, -0.05) is 49.7 Å². The fraction of sp³-hybridized carbons (Fsp3) is 0.333. The highest BCUT2D eigenvalue weighted by molar-refractivity contribution is 7.89. The van der Waals surface area contributed by atoms with Gasteiger partial charge in [0.05, 0.1) is 4.90 Å². The molecule has 0 aliphatic heterocycles. The van der Waals surface area contributed by atoms with E-state index < -0.39 is 10.0 Å². The van der Waals surface area contributed by atoms with Gasteiger partial charge in [-0.15, -0.1) is 0 Å². The van der Waals surface area contributed by atoms with E-state index in [1.54, 1.807) is 12.1 Å². The van der Waals surface area contributed by atoms with Gasteiger partial charge in [0.25, 0.3) is 0 Å². The van der Waals surface area contributed by atoms with Crippen LogP contribution in [0.1, 0.15) is 19.8 Å². The summed E-state index contributed by atoms with van der Waals surface area (Å²) in [5.41, 5.74) is 5.86. The van der Waals surface area contributed by atoms with Crippen LogP contribution in [-0.4, -0.2) is 21.0 Å². The van der Waals surface area contributed by atoms with Crippen molar-refractivity contribution in [3.8, 4) is 0 Å². The van der Waals surface area contributed by atoms with Crippen LogP contribution in [0.3, 0.4) is 0 Å². The van der Waals surface area contributed by atoms with Crippen LogP contribution in [0.25, 0.3) is 10.8 Å². The molecule has 0 heterocycles. The maximum absolute atomic E-state index is 12.4. The largest absolute Gasteiger partial charge is 0.327 e. The van der Waals surface area contributed by atoms with Gasteiger partial charge >= 0.3 is 0 Å². The van der Waals surface area contributed by atoms with E-state index in [0.717, 1.165) is 23.6 Å². The Kier molecular flexibility index (Phi) is 4.75. The lowest BCUT2D eigenvalue weighted by molar-refractivity contribution is 0.553. The molecule has 0 bridgehead atoms. The summed E-state index contributed by atoms with van der Waals surface area (Å²) in [5, 5.41) is 1.64. The second kappa shape index (κ2) is 6.35. The molecule has 0 aliphatic carbocycles. The lowest BCUT2D eigenvalue weighted by atomic mass is 10.1. The van der Waals surface area contributed by atoms with Crippen molar-refractivity contribution in [2.24, 2.45) is 5.73 Å². The first-order valence-electron chi connectivity index (χ1n) is 6.77. The zero-order valence-corrected chi connectivity index (χ0v) is 12.4. The molecule has 20 heavy (non-hydrogen) atoms. The topological polar surface area (TPSA) is 72.2 Å². The maximum atomic E-state index is 12.4. The molecule has 0 saturated carbocycles. The van der Waals surface area contributed by atoms with Crippen molar-refractivity contribution in [1.82, 2.24) is 4.72 Å². The lowest BCUT2D eigenvalue weighted by Gasteiger charge is -2.13. The molecule has 0 amide bonds. The van der Waals surface area contributed by atoms with Crippen molar-refractivity contribution in [3.05, 3.63) is 42.5 Å². The summed E-state index contributed by atoms with van der Waals surface area (Å²) in [6, 6.07) is 12.6. The Hall–Kier alpha value is -1.43. The average molecular weight is 292 g/mol. The predicted octanol–water partition coefficient (Wildman–Crippen LogP) is 2.25. The molecule has 0 unspecified atom stereocenters. The minimum absolute atomic E-state index is 0.148. The molecular weight excluding hydrogens is 272 g/mol. The van der Waals surface area contributed by atoms with E-state index in [1.807, 2.05) is 37.3 Å². The molecule has 2 aromatic rings. The summed E-state index contributed by atoms with van der Waals surface area (Å²) in [4.78, 5) is 0.305. The minimum Gasteiger partial charge on any atom is -0.327 e. The Balaban J connectivity index is 2.28. The number of nitrogens with one attached hydrogen (secondary N) is 1. The normalized spacial score (nSPS) is 13.5. The number of benzene rings is 2. The van der Waals surface area contributed by atoms with E-state index in [-0.39, 0.29) is 12.6 Å². The van der Waals surface area contributed by atoms with Crippen LogP contribution in [0.2, 0.25) is 0 Å². The molecule has 1 atom stereocenters. The summed E-state index contributed by atoms with van der Waals surface area (Å²) < 4.78 is 27.4. The third-order valence-electron chi connectivity index (χ3n) is 3.23. The number of sulfonamides is 1. The first-order chi connectivity index (χ1) is 9.54. The van der Waals surface area contributed by atoms with E-state index in [0.29, 0.717) is 4.90 Å². The zero-order chi connectivity index (χ0) is 14.6. The second-order valence-electron chi connectivity index (χ2n) is 4.88. The quantitative estimate of drug-likeness (QED) is 0.857. The SMILES string of the molecule is CCC[C@H](N)CNS(=O)(=O)c1cccc2ccccc12. The predicted molar refractivity (Wildman–Crippen MR) is 82.0 cm³/mol. The van der Waals surface area contributed by atoms with Crippen LogP contribution in [-0.2, 0) is 10.0 Å². The Bertz CT molecular complexity index is 678. The standard InChI is InChI=1S/C15H20N2O2S/c1-2-6-13(16)11-17-20(18,19)15-10-5-8-12-7-3-4-9-14(12)15/h3-5,7-10,13,17H,2,6,11,16H2,1H3/t13-/m0/s1. The maximum Gasteiger partial charge on any atom is 0.241 e. The molecule has 0 saturated heterocycles. The van der Waals surface area contributed by atoms with Crippen molar-refractivity contribution in [2.75, 3.05) is 6.54 Å². The third kappa shape index (κ3) is 3.36. The van der Waals surface area contributed by atoms with Gasteiger partial charge in [0.15, 0.2) is 0 Å². The van der Waals surface area contributed by atoms with Crippen LogP contribution in [0.4, 0.5) is 0 Å². The highest BCUT2D eigenvalue weighted by Gasteiger charge is 2.17. The first-order valence-corrected chi connectivity index (χ1v) is 8.26. The van der Waals surface area contributed by atoms with Gasteiger partial charge in [-0.05, 0) is 17.9 Å². The molecular formula is C15H20N2O2S. The molecule has 3 N–H and O–H groups in total. The average Bonchev–Trinajstić information content (AvgIpc) is 2.45. The molecule has 2 rings (SSSR count). The van der Waals surface area contributed by atoms with E-state index in [4.69, 9.17) is 5.73 Å². The molecule has 0 fully saturated rings. The number of rotatable bonds is 6. The number of hydrogen-bond donors (Lipinski definition) is 2. The van der Waals surface area contributed by atoms with E-state index >= 15 is 0 Å². The highest BCUT2D eigenvalue weighted by Crippen LogP contribution is 2.22. The van der Waals surface area contributed by atoms with Crippen LogP contribution < -0.4 is 10.5 Å². The minimum atomic E-state index is -3.53. The molecule has 0 aromatic heterocycles. The Morgan fingerprint density at radius 3 is 2.60 bits per heavy atom. The van der Waals surface area contributed by atoms with Crippen LogP contribution in [0, 0.1) is 0 Å². The molecule has 5 heteroatoms. The Morgan fingerprint density at radius 1 is 1.15 bits per heavy atom. The summed E-state index contributed by atoms with van der Waals surface area (Å²) in [6.45, 7) is 2.29. The number of nitrogens with two attached hydrogens (primary N) is 1. The summed E-state index contributed by atoms with van der Waals surface area (Å²) in [6.07, 6.45) is 1.75. The van der Waals surface area contributed by atoms with E-state index in [2.05, 4.69) is 4.72 Å². The summed E-state index contributed by atoms with van der Waals surface area (Å²) in [5.74, 6) is 0. The van der Waals surface area contributed by atoms with Crippen molar-refractivity contribution >= 4 is 20.8 Å². The van der Waals surface area contributed by atoms with Gasteiger partial charge in [0.2, 0.25) is 10.0 Å². The monoisotopic (exact) mass is 292 g/mol. The van der Waals surface area contributed by atoms with E-state index in [1.165, 1.54) is 0 Å². The smallest absolute Gasteiger partial charge is 0.241 e. The summed E-state index contributed by atoms with van der Waals surface area (Å²) >= 11 is 0. The fourth-order valence-corrected chi connectivity index (χ4v) is 3.52. The lowest BCUT2D eigenvalue weighted by Crippen LogP contribution is -2.37. The zero-order valence-electron chi connectivity index (χ0n) is 11.5. The van der Waals surface area contributed by atoms with Gasteiger partial charge in [-0.25, -0.2) is 13.1 Å². The van der Waals surface area contributed by atoms with E-state index in [9.17, 15) is 8.42 Å². The molecule has 2 aromatic carbocycles. The van der Waals surface area contributed by atoms with Gasteiger partial charge in [0, 0.05) is 18.0 Å².